The molecule has 0 bridgehead atoms. The quantitative estimate of drug-likeness (QED) is 0.261. The number of nitrogens with zero attached hydrogens (tertiary/aromatic N) is 1. The van der Waals surface area contributed by atoms with Crippen LogP contribution in [0.25, 0.3) is 0 Å². The number of sulfone groups is 1. The predicted octanol–water partition coefficient (Wildman–Crippen LogP) is 4.86. The van der Waals surface area contributed by atoms with E-state index >= 15 is 0 Å². The van der Waals surface area contributed by atoms with Crippen molar-refractivity contribution in [2.24, 2.45) is 4.99 Å². The van der Waals surface area contributed by atoms with E-state index in [2.05, 4.69) is 21.2 Å². The first-order chi connectivity index (χ1) is 19.3. The summed E-state index contributed by atoms with van der Waals surface area (Å²) in [7, 11) is -3.71. The summed E-state index contributed by atoms with van der Waals surface area (Å²) < 4.78 is 39.4. The normalized spacial score (nSPS) is 18.6. The van der Waals surface area contributed by atoms with Crippen molar-refractivity contribution in [1.82, 2.24) is 5.32 Å². The van der Waals surface area contributed by atoms with Crippen molar-refractivity contribution < 1.29 is 27.8 Å². The third-order valence-electron chi connectivity index (χ3n) is 6.61. The largest absolute Gasteiger partial charge is 0.494 e. The van der Waals surface area contributed by atoms with Gasteiger partial charge in [-0.15, -0.1) is 0 Å². The van der Waals surface area contributed by atoms with Crippen LogP contribution in [0.2, 0.25) is 0 Å². The second-order valence-corrected chi connectivity index (χ2v) is 12.4. The van der Waals surface area contributed by atoms with Gasteiger partial charge in [-0.25, -0.2) is 13.4 Å². The van der Waals surface area contributed by atoms with Crippen molar-refractivity contribution in [3.8, 4) is 5.75 Å². The average Bonchev–Trinajstić information content (AvgIpc) is 3.37. The number of hydrogen-bond donors (Lipinski definition) is 2. The summed E-state index contributed by atoms with van der Waals surface area (Å²) in [5.41, 5.74) is -0.219. The summed E-state index contributed by atoms with van der Waals surface area (Å²) in [5, 5.41) is 11.9. The molecule has 3 aromatic carbocycles. The van der Waals surface area contributed by atoms with Gasteiger partial charge in [0.05, 0.1) is 17.3 Å². The zero-order valence-electron chi connectivity index (χ0n) is 22.3. The first-order valence-corrected chi connectivity index (χ1v) is 15.7. The number of carbonyl (C=O) groups is 1. The van der Waals surface area contributed by atoms with Crippen molar-refractivity contribution in [1.29, 1.82) is 0 Å². The summed E-state index contributed by atoms with van der Waals surface area (Å²) in [5.74, 6) is 0.178. The Morgan fingerprint density at radius 1 is 1.07 bits per heavy atom. The minimum Gasteiger partial charge on any atom is -0.494 e. The number of aliphatic hydroxyl groups excluding tert-OH is 1. The Balaban J connectivity index is 1.76. The molecule has 1 heterocycles. The number of carbonyl (C=O) groups excluding carboxylic acids is 1. The molecule has 10 heteroatoms. The average molecular weight is 630 g/mol. The number of aliphatic imine (C=N–C) groups is 1. The summed E-state index contributed by atoms with van der Waals surface area (Å²) in [6.07, 6.45) is 0.268. The highest BCUT2D eigenvalue weighted by Crippen LogP contribution is 2.45. The number of aliphatic hydroxyl groups is 1. The fraction of sp³-hybridized carbons (Fsp3) is 0.333. The van der Waals surface area contributed by atoms with Crippen LogP contribution in [-0.2, 0) is 19.4 Å². The maximum absolute atomic E-state index is 13.9. The molecular formula is C30H33BrN2O6S. The highest BCUT2D eigenvalue weighted by molar-refractivity contribution is 9.10. The minimum atomic E-state index is -3.71. The first kappa shape index (κ1) is 29.8. The molecule has 0 aromatic heterocycles. The molecule has 40 heavy (non-hydrogen) atoms. The number of nitrogens with one attached hydrogen (secondary N) is 1. The third kappa shape index (κ3) is 6.74. The van der Waals surface area contributed by atoms with Gasteiger partial charge in [-0.2, -0.15) is 0 Å². The van der Waals surface area contributed by atoms with Gasteiger partial charge in [0.1, 0.15) is 5.75 Å². The van der Waals surface area contributed by atoms with Gasteiger partial charge in [-0.05, 0) is 48.9 Å². The molecule has 4 rings (SSSR count). The Morgan fingerprint density at radius 3 is 2.45 bits per heavy atom. The van der Waals surface area contributed by atoms with Crippen molar-refractivity contribution in [2.45, 2.75) is 42.7 Å². The molecule has 0 saturated heterocycles. The number of halogens is 1. The molecule has 0 unspecified atom stereocenters. The van der Waals surface area contributed by atoms with Gasteiger partial charge < -0.3 is 19.9 Å². The lowest BCUT2D eigenvalue weighted by molar-refractivity contribution is -0.129. The Labute approximate surface area is 243 Å². The first-order valence-electron chi connectivity index (χ1n) is 13.2. The van der Waals surface area contributed by atoms with E-state index in [9.17, 15) is 13.2 Å². The number of ether oxygens (including phenoxy) is 2. The molecule has 0 radical (unpaired) electrons. The summed E-state index contributed by atoms with van der Waals surface area (Å²) >= 11 is 3.59. The smallest absolute Gasteiger partial charge is 0.252 e. The summed E-state index contributed by atoms with van der Waals surface area (Å²) in [6.45, 7) is 2.79. The van der Waals surface area contributed by atoms with Gasteiger partial charge in [-0.3, -0.25) is 4.79 Å². The minimum absolute atomic E-state index is 0.0430. The zero-order chi connectivity index (χ0) is 28.6. The van der Waals surface area contributed by atoms with Crippen LogP contribution in [0.1, 0.15) is 43.4 Å². The van der Waals surface area contributed by atoms with E-state index in [4.69, 9.17) is 19.6 Å². The molecule has 0 saturated carbocycles. The molecule has 0 fully saturated rings. The van der Waals surface area contributed by atoms with Crippen LogP contribution in [0.15, 0.2) is 93.2 Å². The van der Waals surface area contributed by atoms with E-state index < -0.39 is 27.4 Å². The van der Waals surface area contributed by atoms with Crippen LogP contribution in [0.4, 0.5) is 0 Å². The van der Waals surface area contributed by atoms with Gasteiger partial charge in [0.25, 0.3) is 5.91 Å². The van der Waals surface area contributed by atoms with E-state index in [1.54, 1.807) is 54.6 Å². The van der Waals surface area contributed by atoms with E-state index in [0.29, 0.717) is 42.9 Å². The van der Waals surface area contributed by atoms with Crippen molar-refractivity contribution in [3.05, 3.63) is 94.5 Å². The van der Waals surface area contributed by atoms with Gasteiger partial charge in [-0.1, -0.05) is 59.3 Å². The van der Waals surface area contributed by atoms with Gasteiger partial charge in [0.15, 0.2) is 21.5 Å². The molecule has 8 nitrogen and oxygen atoms in total. The van der Waals surface area contributed by atoms with E-state index in [0.717, 1.165) is 4.47 Å². The Morgan fingerprint density at radius 2 is 1.77 bits per heavy atom. The molecule has 1 aliphatic heterocycles. The number of amides is 1. The topological polar surface area (TPSA) is 114 Å². The number of benzene rings is 3. The third-order valence-corrected chi connectivity index (χ3v) is 9.06. The second kappa shape index (κ2) is 13.4. The highest BCUT2D eigenvalue weighted by atomic mass is 79.9. The Kier molecular flexibility index (Phi) is 9.99. The van der Waals surface area contributed by atoms with Crippen molar-refractivity contribution >= 4 is 37.6 Å². The lowest BCUT2D eigenvalue weighted by Gasteiger charge is -2.31. The summed E-state index contributed by atoms with van der Waals surface area (Å²) in [6, 6.07) is 22.7. The van der Waals surface area contributed by atoms with Gasteiger partial charge >= 0.3 is 0 Å². The van der Waals surface area contributed by atoms with Gasteiger partial charge in [0.2, 0.25) is 5.90 Å². The second-order valence-electron chi connectivity index (χ2n) is 9.45. The molecule has 212 valence electrons. The maximum atomic E-state index is 13.9. The van der Waals surface area contributed by atoms with Crippen molar-refractivity contribution in [2.75, 3.05) is 25.5 Å². The molecule has 2 atom stereocenters. The van der Waals surface area contributed by atoms with Crippen LogP contribution < -0.4 is 10.1 Å². The Hall–Kier alpha value is -3.21. The number of hydrogen-bond acceptors (Lipinski definition) is 7. The van der Waals surface area contributed by atoms with E-state index in [-0.39, 0.29) is 29.6 Å². The monoisotopic (exact) mass is 628 g/mol. The Bertz CT molecular complexity index is 1430. The fourth-order valence-corrected chi connectivity index (χ4v) is 6.34. The molecule has 3 aromatic rings. The van der Waals surface area contributed by atoms with Crippen LogP contribution in [0.3, 0.4) is 0 Å². The van der Waals surface area contributed by atoms with E-state index in [1.807, 2.05) is 31.2 Å². The fourth-order valence-electron chi connectivity index (χ4n) is 4.46. The summed E-state index contributed by atoms with van der Waals surface area (Å²) in [4.78, 5) is 19.0. The molecule has 1 aliphatic rings. The predicted molar refractivity (Wildman–Crippen MR) is 157 cm³/mol. The lowest BCUT2D eigenvalue weighted by Crippen LogP contribution is -2.49. The zero-order valence-corrected chi connectivity index (χ0v) is 24.7. The number of rotatable bonds is 13. The van der Waals surface area contributed by atoms with Crippen LogP contribution in [0, 0.1) is 0 Å². The lowest BCUT2D eigenvalue weighted by atomic mass is 9.85. The maximum Gasteiger partial charge on any atom is 0.252 e. The SMILES string of the molecule is CCCNC(=O)[C@]1(CCS(=O)(=O)c2ccccc2)N=C(c2ccc(OCCCO)cc2)O[C@@H]1c1ccccc1Br. The standard InChI is InChI=1S/C30H33BrN2O6S/c1-2-18-32-29(35)30(17-21-40(36,37)24-9-4-3-5-10-24)27(25-11-6-7-12-26(25)31)39-28(33-30)22-13-15-23(16-14-22)38-20-8-19-34/h3-7,9-16,27,34H,2,8,17-21H2,1H3,(H,32,35)/t27-,30-/m1/s1. The molecule has 0 spiro atoms. The molecule has 2 N–H and O–H groups in total. The molecule has 1 amide bonds. The highest BCUT2D eigenvalue weighted by Gasteiger charge is 2.54. The van der Waals surface area contributed by atoms with Crippen LogP contribution in [-0.4, -0.2) is 56.4 Å². The molecule has 0 aliphatic carbocycles. The van der Waals surface area contributed by atoms with Crippen molar-refractivity contribution in [3.63, 3.8) is 0 Å². The molecular weight excluding hydrogens is 596 g/mol. The van der Waals surface area contributed by atoms with Crippen LogP contribution in [0.5, 0.6) is 5.75 Å². The van der Waals surface area contributed by atoms with Crippen LogP contribution >= 0.6 is 15.9 Å². The van der Waals surface area contributed by atoms with E-state index in [1.165, 1.54) is 0 Å². The van der Waals surface area contributed by atoms with Gasteiger partial charge in [0, 0.05) is 41.6 Å².